The van der Waals surface area contributed by atoms with Gasteiger partial charge in [-0.2, -0.15) is 0 Å². The number of nitrogens with zero attached hydrogens (tertiary/aromatic N) is 4. The quantitative estimate of drug-likeness (QED) is 0.521. The maximum Gasteiger partial charge on any atom is 0.257 e. The maximum absolute atomic E-state index is 13.5. The molecule has 0 aliphatic carbocycles. The molecule has 0 radical (unpaired) electrons. The number of thiazole rings is 1. The van der Waals surface area contributed by atoms with Crippen molar-refractivity contribution >= 4 is 22.4 Å². The number of fused-ring (bicyclic) bond motifs is 3. The standard InChI is InChI=1S/C23H22N4OS/c1-16-25-12-18(29-16)14-26-11-9-19-20-8-5-10-24-22(20)27(23(28)21(19)15-26)13-17-6-3-2-4-7-17/h2-8,10,12H,9,11,13-15H2,1H3. The van der Waals surface area contributed by atoms with E-state index < -0.39 is 0 Å². The molecule has 0 atom stereocenters. The van der Waals surface area contributed by atoms with E-state index >= 15 is 0 Å². The molecule has 4 heterocycles. The SMILES string of the molecule is Cc1ncc(CN2CCc3c(c(=O)n(Cc4ccccc4)c4ncccc34)C2)s1. The first-order valence-electron chi connectivity index (χ1n) is 9.86. The molecule has 1 aromatic carbocycles. The van der Waals surface area contributed by atoms with Crippen LogP contribution in [0.2, 0.25) is 0 Å². The van der Waals surface area contributed by atoms with Crippen molar-refractivity contribution in [2.45, 2.75) is 33.0 Å². The molecule has 0 saturated heterocycles. The first-order valence-corrected chi connectivity index (χ1v) is 10.7. The normalized spacial score (nSPS) is 14.2. The Labute approximate surface area is 173 Å². The van der Waals surface area contributed by atoms with Gasteiger partial charge >= 0.3 is 0 Å². The number of pyridine rings is 2. The van der Waals surface area contributed by atoms with Crippen LogP contribution < -0.4 is 5.56 Å². The summed E-state index contributed by atoms with van der Waals surface area (Å²) in [4.78, 5) is 26.1. The van der Waals surface area contributed by atoms with Gasteiger partial charge in [-0.3, -0.25) is 14.3 Å². The van der Waals surface area contributed by atoms with Crippen molar-refractivity contribution in [3.05, 3.63) is 91.8 Å². The summed E-state index contributed by atoms with van der Waals surface area (Å²) in [7, 11) is 0. The van der Waals surface area contributed by atoms with E-state index in [9.17, 15) is 4.79 Å². The molecule has 5 nitrogen and oxygen atoms in total. The predicted molar refractivity (Wildman–Crippen MR) is 116 cm³/mol. The highest BCUT2D eigenvalue weighted by atomic mass is 32.1. The highest BCUT2D eigenvalue weighted by Gasteiger charge is 2.24. The Bertz CT molecular complexity index is 1230. The lowest BCUT2D eigenvalue weighted by molar-refractivity contribution is 0.246. The Morgan fingerprint density at radius 1 is 1.03 bits per heavy atom. The summed E-state index contributed by atoms with van der Waals surface area (Å²) in [6, 6.07) is 14.2. The average molecular weight is 403 g/mol. The Morgan fingerprint density at radius 3 is 2.69 bits per heavy atom. The van der Waals surface area contributed by atoms with Crippen molar-refractivity contribution < 1.29 is 0 Å². The van der Waals surface area contributed by atoms with E-state index in [1.807, 2.05) is 42.0 Å². The first-order chi connectivity index (χ1) is 14.2. The van der Waals surface area contributed by atoms with Crippen LogP contribution in [0, 0.1) is 6.92 Å². The fourth-order valence-electron chi connectivity index (χ4n) is 4.17. The Hall–Kier alpha value is -2.83. The number of benzene rings is 1. The molecule has 1 aliphatic rings. The number of aryl methyl sites for hydroxylation is 1. The Morgan fingerprint density at radius 2 is 1.90 bits per heavy atom. The molecule has 146 valence electrons. The van der Waals surface area contributed by atoms with Crippen LogP contribution in [-0.2, 0) is 26.1 Å². The third-order valence-electron chi connectivity index (χ3n) is 5.53. The van der Waals surface area contributed by atoms with E-state index in [1.54, 1.807) is 17.5 Å². The Kier molecular flexibility index (Phi) is 4.73. The zero-order valence-corrected chi connectivity index (χ0v) is 17.2. The molecule has 6 heteroatoms. The van der Waals surface area contributed by atoms with Crippen molar-refractivity contribution in [3.63, 3.8) is 0 Å². The minimum absolute atomic E-state index is 0.0836. The monoisotopic (exact) mass is 402 g/mol. The second-order valence-corrected chi connectivity index (χ2v) is 8.83. The van der Waals surface area contributed by atoms with Gasteiger partial charge in [0.25, 0.3) is 5.56 Å². The Balaban J connectivity index is 1.57. The summed E-state index contributed by atoms with van der Waals surface area (Å²) in [5, 5.41) is 2.19. The zero-order chi connectivity index (χ0) is 19.8. The van der Waals surface area contributed by atoms with E-state index in [2.05, 4.69) is 33.1 Å². The molecule has 0 N–H and O–H groups in total. The van der Waals surface area contributed by atoms with Crippen LogP contribution in [0.1, 0.15) is 26.6 Å². The molecule has 0 amide bonds. The topological polar surface area (TPSA) is 51.0 Å². The molecule has 4 aromatic rings. The van der Waals surface area contributed by atoms with E-state index in [4.69, 9.17) is 0 Å². The summed E-state index contributed by atoms with van der Waals surface area (Å²) < 4.78 is 1.84. The third kappa shape index (κ3) is 3.50. The number of rotatable bonds is 4. The van der Waals surface area contributed by atoms with Crippen LogP contribution in [0.25, 0.3) is 11.0 Å². The highest BCUT2D eigenvalue weighted by molar-refractivity contribution is 7.11. The lowest BCUT2D eigenvalue weighted by Crippen LogP contribution is -2.37. The van der Waals surface area contributed by atoms with Crippen molar-refractivity contribution in [1.82, 2.24) is 19.4 Å². The molecule has 29 heavy (non-hydrogen) atoms. The summed E-state index contributed by atoms with van der Waals surface area (Å²) in [6.45, 7) is 5.02. The van der Waals surface area contributed by atoms with Gasteiger partial charge in [0.15, 0.2) is 0 Å². The van der Waals surface area contributed by atoms with Gasteiger partial charge in [0.05, 0.1) is 11.6 Å². The second-order valence-electron chi connectivity index (χ2n) is 7.51. The van der Waals surface area contributed by atoms with Gasteiger partial charge in [-0.1, -0.05) is 30.3 Å². The van der Waals surface area contributed by atoms with Crippen LogP contribution in [0.4, 0.5) is 0 Å². The van der Waals surface area contributed by atoms with E-state index in [-0.39, 0.29) is 5.56 Å². The maximum atomic E-state index is 13.5. The minimum atomic E-state index is 0.0836. The van der Waals surface area contributed by atoms with Crippen LogP contribution in [0.3, 0.4) is 0 Å². The second kappa shape index (κ2) is 7.54. The number of hydrogen-bond acceptors (Lipinski definition) is 5. The van der Waals surface area contributed by atoms with Gasteiger partial charge in [0.1, 0.15) is 5.65 Å². The lowest BCUT2D eigenvalue weighted by Gasteiger charge is -2.29. The van der Waals surface area contributed by atoms with Gasteiger partial charge in [-0.05, 0) is 36.6 Å². The fraction of sp³-hybridized carbons (Fsp3) is 0.261. The molecule has 0 unspecified atom stereocenters. The van der Waals surface area contributed by atoms with Crippen LogP contribution in [0.15, 0.2) is 59.7 Å². The largest absolute Gasteiger partial charge is 0.293 e. The molecule has 1 aliphatic heterocycles. The molecule has 0 bridgehead atoms. The smallest absolute Gasteiger partial charge is 0.257 e. The molecule has 3 aromatic heterocycles. The van der Waals surface area contributed by atoms with E-state index in [0.29, 0.717) is 13.1 Å². The van der Waals surface area contributed by atoms with Crippen molar-refractivity contribution in [2.75, 3.05) is 6.54 Å². The highest BCUT2D eigenvalue weighted by Crippen LogP contribution is 2.26. The van der Waals surface area contributed by atoms with Crippen molar-refractivity contribution in [1.29, 1.82) is 0 Å². The molecular weight excluding hydrogens is 380 g/mol. The zero-order valence-electron chi connectivity index (χ0n) is 16.3. The summed E-state index contributed by atoms with van der Waals surface area (Å²) in [5.74, 6) is 0. The van der Waals surface area contributed by atoms with E-state index in [0.717, 1.165) is 46.7 Å². The van der Waals surface area contributed by atoms with Crippen molar-refractivity contribution in [2.24, 2.45) is 0 Å². The predicted octanol–water partition coefficient (Wildman–Crippen LogP) is 3.77. The molecule has 5 rings (SSSR count). The molecule has 0 fully saturated rings. The van der Waals surface area contributed by atoms with Crippen LogP contribution >= 0.6 is 11.3 Å². The fourth-order valence-corrected chi connectivity index (χ4v) is 5.00. The van der Waals surface area contributed by atoms with Crippen LogP contribution in [0.5, 0.6) is 0 Å². The van der Waals surface area contributed by atoms with Crippen LogP contribution in [-0.4, -0.2) is 26.0 Å². The number of hydrogen-bond donors (Lipinski definition) is 0. The van der Waals surface area contributed by atoms with Gasteiger partial charge in [0, 0.05) is 47.9 Å². The third-order valence-corrected chi connectivity index (χ3v) is 6.42. The van der Waals surface area contributed by atoms with Gasteiger partial charge in [0.2, 0.25) is 0 Å². The number of aromatic nitrogens is 3. The first kappa shape index (κ1) is 18.2. The van der Waals surface area contributed by atoms with Gasteiger partial charge in [-0.15, -0.1) is 11.3 Å². The molecule has 0 spiro atoms. The van der Waals surface area contributed by atoms with E-state index in [1.165, 1.54) is 10.4 Å². The minimum Gasteiger partial charge on any atom is -0.293 e. The van der Waals surface area contributed by atoms with Crippen molar-refractivity contribution in [3.8, 4) is 0 Å². The lowest BCUT2D eigenvalue weighted by atomic mass is 9.97. The summed E-state index contributed by atoms with van der Waals surface area (Å²) in [5.41, 5.74) is 4.05. The van der Waals surface area contributed by atoms with Gasteiger partial charge in [-0.25, -0.2) is 9.97 Å². The molecular formula is C23H22N4OS. The molecule has 0 saturated carbocycles. The summed E-state index contributed by atoms with van der Waals surface area (Å²) >= 11 is 1.73. The van der Waals surface area contributed by atoms with Gasteiger partial charge < -0.3 is 0 Å². The summed E-state index contributed by atoms with van der Waals surface area (Å²) in [6.07, 6.45) is 4.60. The average Bonchev–Trinajstić information content (AvgIpc) is 3.16.